The third kappa shape index (κ3) is 2.81. The van der Waals surface area contributed by atoms with Gasteiger partial charge in [0.2, 0.25) is 0 Å². The summed E-state index contributed by atoms with van der Waals surface area (Å²) in [5, 5.41) is 11.2. The summed E-state index contributed by atoms with van der Waals surface area (Å²) < 4.78 is 0. The Morgan fingerprint density at radius 3 is 2.60 bits per heavy atom. The maximum absolute atomic E-state index is 10.9. The van der Waals surface area contributed by atoms with Crippen LogP contribution in [0.2, 0.25) is 5.02 Å². The predicted octanol–water partition coefficient (Wildman–Crippen LogP) is 3.91. The molecule has 0 bridgehead atoms. The average molecular weight is 291 g/mol. The minimum absolute atomic E-state index is 0.0479. The summed E-state index contributed by atoms with van der Waals surface area (Å²) >= 11 is 5.94. The SMILES string of the molecule is Cc1cccc(C(N)c2cc(Cl)cc([N+](=O)[O-])c2)c1C. The van der Waals surface area contributed by atoms with Crippen molar-refractivity contribution in [3.8, 4) is 0 Å². The Hall–Kier alpha value is -1.91. The number of nitrogens with two attached hydrogens (primary N) is 1. The summed E-state index contributed by atoms with van der Waals surface area (Å²) in [6.07, 6.45) is 0. The van der Waals surface area contributed by atoms with E-state index in [1.165, 1.54) is 12.1 Å². The maximum atomic E-state index is 10.9. The van der Waals surface area contributed by atoms with Gasteiger partial charge in [-0.2, -0.15) is 0 Å². The zero-order valence-electron chi connectivity index (χ0n) is 11.3. The van der Waals surface area contributed by atoms with E-state index in [9.17, 15) is 10.1 Å². The van der Waals surface area contributed by atoms with E-state index >= 15 is 0 Å². The van der Waals surface area contributed by atoms with E-state index < -0.39 is 11.0 Å². The minimum Gasteiger partial charge on any atom is -0.320 e. The van der Waals surface area contributed by atoms with Gasteiger partial charge in [-0.3, -0.25) is 10.1 Å². The Bertz CT molecular complexity index is 671. The van der Waals surface area contributed by atoms with Gasteiger partial charge in [-0.1, -0.05) is 29.8 Å². The molecule has 0 saturated carbocycles. The van der Waals surface area contributed by atoms with Crippen LogP contribution in [0.15, 0.2) is 36.4 Å². The largest absolute Gasteiger partial charge is 0.320 e. The van der Waals surface area contributed by atoms with Crippen LogP contribution in [0, 0.1) is 24.0 Å². The first-order valence-electron chi connectivity index (χ1n) is 6.16. The molecule has 0 aliphatic heterocycles. The summed E-state index contributed by atoms with van der Waals surface area (Å²) in [6.45, 7) is 4.00. The molecule has 2 rings (SSSR count). The number of non-ortho nitro benzene ring substituents is 1. The fraction of sp³-hybridized carbons (Fsp3) is 0.200. The maximum Gasteiger partial charge on any atom is 0.271 e. The van der Waals surface area contributed by atoms with Gasteiger partial charge >= 0.3 is 0 Å². The molecule has 0 aliphatic carbocycles. The van der Waals surface area contributed by atoms with Crippen LogP contribution in [0.4, 0.5) is 5.69 Å². The lowest BCUT2D eigenvalue weighted by Crippen LogP contribution is -2.14. The van der Waals surface area contributed by atoms with Crippen LogP contribution < -0.4 is 5.73 Å². The van der Waals surface area contributed by atoms with E-state index in [1.54, 1.807) is 6.07 Å². The Kier molecular flexibility index (Phi) is 4.06. The lowest BCUT2D eigenvalue weighted by atomic mass is 9.93. The highest BCUT2D eigenvalue weighted by Crippen LogP contribution is 2.29. The van der Waals surface area contributed by atoms with E-state index in [1.807, 2.05) is 32.0 Å². The van der Waals surface area contributed by atoms with Crippen LogP contribution >= 0.6 is 11.6 Å². The molecule has 0 aromatic heterocycles. The van der Waals surface area contributed by atoms with Gasteiger partial charge in [0.1, 0.15) is 0 Å². The van der Waals surface area contributed by atoms with Crippen LogP contribution in [-0.2, 0) is 0 Å². The minimum atomic E-state index is -0.467. The van der Waals surface area contributed by atoms with Gasteiger partial charge in [0.15, 0.2) is 0 Å². The van der Waals surface area contributed by atoms with Crippen molar-refractivity contribution in [2.24, 2.45) is 5.73 Å². The first-order chi connectivity index (χ1) is 9.40. The second-order valence-electron chi connectivity index (χ2n) is 4.77. The lowest BCUT2D eigenvalue weighted by molar-refractivity contribution is -0.384. The fourth-order valence-corrected chi connectivity index (χ4v) is 2.41. The van der Waals surface area contributed by atoms with E-state index in [4.69, 9.17) is 17.3 Å². The summed E-state index contributed by atoms with van der Waals surface area (Å²) in [6, 6.07) is 9.88. The Morgan fingerprint density at radius 1 is 1.25 bits per heavy atom. The highest BCUT2D eigenvalue weighted by atomic mass is 35.5. The number of nitro groups is 1. The van der Waals surface area contributed by atoms with Gasteiger partial charge in [-0.15, -0.1) is 0 Å². The van der Waals surface area contributed by atoms with Crippen LogP contribution in [-0.4, -0.2) is 4.92 Å². The first-order valence-corrected chi connectivity index (χ1v) is 6.54. The van der Waals surface area contributed by atoms with E-state index in [-0.39, 0.29) is 5.69 Å². The summed E-state index contributed by atoms with van der Waals surface area (Å²) in [4.78, 5) is 10.4. The predicted molar refractivity (Wildman–Crippen MR) is 80.1 cm³/mol. The average Bonchev–Trinajstić information content (AvgIpc) is 2.40. The molecular weight excluding hydrogens is 276 g/mol. The molecule has 0 heterocycles. The standard InChI is InChI=1S/C15H15ClN2O2/c1-9-4-3-5-14(10(9)2)15(17)11-6-12(16)8-13(7-11)18(19)20/h3-8,15H,17H2,1-2H3. The lowest BCUT2D eigenvalue weighted by Gasteiger charge is -2.17. The van der Waals surface area contributed by atoms with E-state index in [0.717, 1.165) is 16.7 Å². The molecule has 1 unspecified atom stereocenters. The number of benzene rings is 2. The Morgan fingerprint density at radius 2 is 1.95 bits per heavy atom. The third-order valence-corrected chi connectivity index (χ3v) is 3.67. The van der Waals surface area contributed by atoms with E-state index in [2.05, 4.69) is 0 Å². The van der Waals surface area contributed by atoms with Crippen molar-refractivity contribution in [3.63, 3.8) is 0 Å². The first kappa shape index (κ1) is 14.5. The molecule has 0 radical (unpaired) electrons. The topological polar surface area (TPSA) is 69.2 Å². The molecule has 5 heteroatoms. The van der Waals surface area contributed by atoms with Crippen molar-refractivity contribution in [2.75, 3.05) is 0 Å². The van der Waals surface area contributed by atoms with Crippen molar-refractivity contribution in [3.05, 3.63) is 73.8 Å². The Balaban J connectivity index is 2.50. The van der Waals surface area contributed by atoms with E-state index in [0.29, 0.717) is 10.6 Å². The molecular formula is C15H15ClN2O2. The molecule has 4 nitrogen and oxygen atoms in total. The van der Waals surface area contributed by atoms with Gasteiger partial charge in [0.05, 0.1) is 11.0 Å². The van der Waals surface area contributed by atoms with Gasteiger partial charge in [0, 0.05) is 17.2 Å². The number of nitrogens with zero attached hydrogens (tertiary/aromatic N) is 1. The van der Waals surface area contributed by atoms with Crippen LogP contribution in [0.5, 0.6) is 0 Å². The number of rotatable bonds is 3. The molecule has 2 aromatic rings. The van der Waals surface area contributed by atoms with Gasteiger partial charge in [-0.25, -0.2) is 0 Å². The summed E-state index contributed by atoms with van der Waals surface area (Å²) in [7, 11) is 0. The number of halogens is 1. The Labute approximate surface area is 122 Å². The third-order valence-electron chi connectivity index (χ3n) is 3.46. The molecule has 2 N–H and O–H groups in total. The molecule has 2 aromatic carbocycles. The number of nitro benzene ring substituents is 1. The number of aryl methyl sites for hydroxylation is 1. The zero-order chi connectivity index (χ0) is 14.9. The molecule has 0 saturated heterocycles. The quantitative estimate of drug-likeness (QED) is 0.688. The molecule has 0 spiro atoms. The van der Waals surface area contributed by atoms with Crippen molar-refractivity contribution in [1.29, 1.82) is 0 Å². The highest BCUT2D eigenvalue weighted by Gasteiger charge is 2.17. The summed E-state index contributed by atoms with van der Waals surface area (Å²) in [5.41, 5.74) is 10.00. The molecule has 0 fully saturated rings. The van der Waals surface area contributed by atoms with Crippen molar-refractivity contribution in [1.82, 2.24) is 0 Å². The van der Waals surface area contributed by atoms with Crippen LogP contribution in [0.25, 0.3) is 0 Å². The van der Waals surface area contributed by atoms with Gasteiger partial charge in [-0.05, 0) is 42.2 Å². The van der Waals surface area contributed by atoms with Gasteiger partial charge < -0.3 is 5.73 Å². The highest BCUT2D eigenvalue weighted by molar-refractivity contribution is 6.30. The van der Waals surface area contributed by atoms with Crippen molar-refractivity contribution < 1.29 is 4.92 Å². The number of hydrogen-bond acceptors (Lipinski definition) is 3. The fourth-order valence-electron chi connectivity index (χ4n) is 2.17. The second-order valence-corrected chi connectivity index (χ2v) is 5.20. The second kappa shape index (κ2) is 5.61. The smallest absolute Gasteiger partial charge is 0.271 e. The zero-order valence-corrected chi connectivity index (χ0v) is 12.0. The van der Waals surface area contributed by atoms with Crippen LogP contribution in [0.1, 0.15) is 28.3 Å². The molecule has 1 atom stereocenters. The van der Waals surface area contributed by atoms with Crippen LogP contribution in [0.3, 0.4) is 0 Å². The molecule has 20 heavy (non-hydrogen) atoms. The molecule has 0 aliphatic rings. The van der Waals surface area contributed by atoms with Gasteiger partial charge in [0.25, 0.3) is 5.69 Å². The van der Waals surface area contributed by atoms with Crippen molar-refractivity contribution in [2.45, 2.75) is 19.9 Å². The monoisotopic (exact) mass is 290 g/mol. The van der Waals surface area contributed by atoms with Crippen molar-refractivity contribution >= 4 is 17.3 Å². The molecule has 0 amide bonds. The normalized spacial score (nSPS) is 12.2. The number of hydrogen-bond donors (Lipinski definition) is 1. The summed E-state index contributed by atoms with van der Waals surface area (Å²) in [5.74, 6) is 0. The molecule has 104 valence electrons.